The molecule has 9 heteroatoms. The highest BCUT2D eigenvalue weighted by Gasteiger charge is 2.41. The normalized spacial score (nSPS) is 17.8. The maximum absolute atomic E-state index is 12.7. The summed E-state index contributed by atoms with van der Waals surface area (Å²) < 4.78 is 39.9. The molecule has 1 N–H and O–H groups in total. The third-order valence-corrected chi connectivity index (χ3v) is 4.23. The van der Waals surface area contributed by atoms with E-state index in [4.69, 9.17) is 0 Å². The fourth-order valence-electron chi connectivity index (χ4n) is 2.66. The molecule has 1 saturated heterocycles. The Kier molecular flexibility index (Phi) is 6.09. The first-order chi connectivity index (χ1) is 11.3. The minimum Gasteiger partial charge on any atom is -0.338 e. The van der Waals surface area contributed by atoms with Crippen LogP contribution in [-0.2, 0) is 6.54 Å². The zero-order valence-electron chi connectivity index (χ0n) is 14.0. The number of aromatic nitrogens is 2. The van der Waals surface area contributed by atoms with Crippen LogP contribution in [0.25, 0.3) is 0 Å². The van der Waals surface area contributed by atoms with Gasteiger partial charge in [-0.15, -0.1) is 0 Å². The van der Waals surface area contributed by atoms with Crippen molar-refractivity contribution in [2.45, 2.75) is 39.0 Å². The number of piperazine rings is 1. The van der Waals surface area contributed by atoms with Gasteiger partial charge in [-0.25, -0.2) is 4.79 Å². The number of carbonyl (C=O) groups excluding carboxylic acids is 1. The number of nitrogens with zero attached hydrogens (tertiary/aromatic N) is 4. The molecule has 1 aliphatic rings. The lowest BCUT2D eigenvalue weighted by molar-refractivity contribution is -0.181. The van der Waals surface area contributed by atoms with E-state index < -0.39 is 12.2 Å². The molecule has 0 spiro atoms. The molecular formula is C15H24F3N5O. The average Bonchev–Trinajstić information content (AvgIpc) is 2.95. The lowest BCUT2D eigenvalue weighted by Gasteiger charge is -2.38. The molecule has 2 rings (SSSR count). The molecule has 1 atom stereocenters. The fraction of sp³-hybridized carbons (Fsp3) is 0.733. The number of halogens is 3. The van der Waals surface area contributed by atoms with E-state index in [0.717, 1.165) is 18.9 Å². The Bertz CT molecular complexity index is 537. The number of nitrogens with one attached hydrogen (secondary N) is 1. The van der Waals surface area contributed by atoms with Gasteiger partial charge in [-0.1, -0.05) is 0 Å². The maximum Gasteiger partial charge on any atom is 0.403 e. The van der Waals surface area contributed by atoms with Crippen molar-refractivity contribution in [3.8, 4) is 0 Å². The minimum atomic E-state index is -4.23. The second-order valence-electron chi connectivity index (χ2n) is 6.11. The van der Waals surface area contributed by atoms with Gasteiger partial charge in [0.25, 0.3) is 0 Å². The Morgan fingerprint density at radius 3 is 2.54 bits per heavy atom. The number of alkyl halides is 3. The predicted molar refractivity (Wildman–Crippen MR) is 83.6 cm³/mol. The van der Waals surface area contributed by atoms with Crippen molar-refractivity contribution in [3.63, 3.8) is 0 Å². The van der Waals surface area contributed by atoms with Crippen molar-refractivity contribution >= 4 is 6.03 Å². The third kappa shape index (κ3) is 5.12. The summed E-state index contributed by atoms with van der Waals surface area (Å²) in [5.74, 6) is 0. The van der Waals surface area contributed by atoms with Gasteiger partial charge in [0.1, 0.15) is 6.04 Å². The van der Waals surface area contributed by atoms with Crippen LogP contribution in [0.15, 0.2) is 12.4 Å². The maximum atomic E-state index is 12.7. The molecule has 0 unspecified atom stereocenters. The second-order valence-corrected chi connectivity index (χ2v) is 6.11. The van der Waals surface area contributed by atoms with Gasteiger partial charge in [-0.3, -0.25) is 9.58 Å². The number of hydrogen-bond acceptors (Lipinski definition) is 3. The Hall–Kier alpha value is -1.77. The van der Waals surface area contributed by atoms with Gasteiger partial charge in [-0.05, 0) is 25.8 Å². The van der Waals surface area contributed by atoms with E-state index in [2.05, 4.69) is 10.4 Å². The van der Waals surface area contributed by atoms with Gasteiger partial charge in [0, 0.05) is 45.5 Å². The van der Waals surface area contributed by atoms with Gasteiger partial charge in [-0.2, -0.15) is 18.3 Å². The second kappa shape index (κ2) is 7.87. The van der Waals surface area contributed by atoms with E-state index in [1.54, 1.807) is 11.1 Å². The SMILES string of the molecule is Cc1cnn(CCCNC(=O)N2CCN([C@@H](C)C(F)(F)F)CC2)c1. The van der Waals surface area contributed by atoms with E-state index in [0.29, 0.717) is 26.2 Å². The zero-order valence-corrected chi connectivity index (χ0v) is 14.0. The zero-order chi connectivity index (χ0) is 17.7. The van der Waals surface area contributed by atoms with Crippen LogP contribution in [0.5, 0.6) is 0 Å². The lowest BCUT2D eigenvalue weighted by atomic mass is 10.2. The number of urea groups is 1. The van der Waals surface area contributed by atoms with Gasteiger partial charge in [0.15, 0.2) is 0 Å². The number of aryl methyl sites for hydroxylation is 2. The highest BCUT2D eigenvalue weighted by Crippen LogP contribution is 2.25. The van der Waals surface area contributed by atoms with Crippen molar-refractivity contribution in [2.75, 3.05) is 32.7 Å². The largest absolute Gasteiger partial charge is 0.403 e. The topological polar surface area (TPSA) is 53.4 Å². The van der Waals surface area contributed by atoms with Crippen molar-refractivity contribution < 1.29 is 18.0 Å². The highest BCUT2D eigenvalue weighted by molar-refractivity contribution is 5.74. The fourth-order valence-corrected chi connectivity index (χ4v) is 2.66. The quantitative estimate of drug-likeness (QED) is 0.828. The third-order valence-electron chi connectivity index (χ3n) is 4.23. The summed E-state index contributed by atoms with van der Waals surface area (Å²) in [6, 6.07) is -1.69. The standard InChI is InChI=1S/C15H24F3N5O/c1-12-10-20-23(11-12)5-3-4-19-14(24)22-8-6-21(7-9-22)13(2)15(16,17)18/h10-11,13H,3-9H2,1-2H3,(H,19,24)/t13-/m0/s1. The summed E-state index contributed by atoms with van der Waals surface area (Å²) >= 11 is 0. The Balaban J connectivity index is 1.65. The van der Waals surface area contributed by atoms with Crippen molar-refractivity contribution in [1.82, 2.24) is 24.9 Å². The van der Waals surface area contributed by atoms with Gasteiger partial charge >= 0.3 is 12.2 Å². The van der Waals surface area contributed by atoms with Crippen molar-refractivity contribution in [3.05, 3.63) is 18.0 Å². The minimum absolute atomic E-state index is 0.217. The molecule has 0 saturated carbocycles. The van der Waals surface area contributed by atoms with Crippen LogP contribution in [-0.4, -0.2) is 70.6 Å². The van der Waals surface area contributed by atoms with E-state index in [1.165, 1.54) is 4.90 Å². The summed E-state index contributed by atoms with van der Waals surface area (Å²) in [7, 11) is 0. The van der Waals surface area contributed by atoms with Gasteiger partial charge < -0.3 is 10.2 Å². The summed E-state index contributed by atoms with van der Waals surface area (Å²) in [4.78, 5) is 15.0. The molecule has 2 amide bonds. The van der Waals surface area contributed by atoms with E-state index in [9.17, 15) is 18.0 Å². The van der Waals surface area contributed by atoms with Crippen LogP contribution in [0.2, 0.25) is 0 Å². The van der Waals surface area contributed by atoms with Crippen molar-refractivity contribution in [2.24, 2.45) is 0 Å². The molecule has 136 valence electrons. The summed E-state index contributed by atoms with van der Waals surface area (Å²) in [6.45, 7) is 5.44. The molecule has 1 aliphatic heterocycles. The predicted octanol–water partition coefficient (Wildman–Crippen LogP) is 1.86. The summed E-state index contributed by atoms with van der Waals surface area (Å²) in [5, 5.41) is 6.97. The molecule has 1 aromatic rings. The molecule has 24 heavy (non-hydrogen) atoms. The molecule has 0 bridgehead atoms. The van der Waals surface area contributed by atoms with Crippen LogP contribution < -0.4 is 5.32 Å². The van der Waals surface area contributed by atoms with E-state index in [-0.39, 0.29) is 19.1 Å². The molecule has 1 fully saturated rings. The lowest BCUT2D eigenvalue weighted by Crippen LogP contribution is -2.56. The van der Waals surface area contributed by atoms with Crippen LogP contribution in [0, 0.1) is 6.92 Å². The Morgan fingerprint density at radius 2 is 2.00 bits per heavy atom. The first-order valence-corrected chi connectivity index (χ1v) is 8.10. The van der Waals surface area contributed by atoms with Crippen LogP contribution in [0.3, 0.4) is 0 Å². The van der Waals surface area contributed by atoms with Gasteiger partial charge in [0.2, 0.25) is 0 Å². The number of rotatable bonds is 5. The average molecular weight is 347 g/mol. The van der Waals surface area contributed by atoms with Crippen LogP contribution >= 0.6 is 0 Å². The molecule has 2 heterocycles. The van der Waals surface area contributed by atoms with E-state index >= 15 is 0 Å². The number of amides is 2. The van der Waals surface area contributed by atoms with Gasteiger partial charge in [0.05, 0.1) is 6.20 Å². The number of carbonyl (C=O) groups is 1. The monoisotopic (exact) mass is 347 g/mol. The van der Waals surface area contributed by atoms with Crippen LogP contribution in [0.4, 0.5) is 18.0 Å². The first kappa shape index (κ1) is 18.6. The molecular weight excluding hydrogens is 323 g/mol. The number of hydrogen-bond donors (Lipinski definition) is 1. The van der Waals surface area contributed by atoms with Crippen molar-refractivity contribution in [1.29, 1.82) is 0 Å². The van der Waals surface area contributed by atoms with Crippen LogP contribution in [0.1, 0.15) is 18.9 Å². The Morgan fingerprint density at radius 1 is 1.33 bits per heavy atom. The first-order valence-electron chi connectivity index (χ1n) is 8.10. The smallest absolute Gasteiger partial charge is 0.338 e. The summed E-state index contributed by atoms with van der Waals surface area (Å²) in [5.41, 5.74) is 1.09. The molecule has 6 nitrogen and oxygen atoms in total. The Labute approximate surface area is 139 Å². The molecule has 1 aromatic heterocycles. The molecule has 0 radical (unpaired) electrons. The van der Waals surface area contributed by atoms with E-state index in [1.807, 2.05) is 17.8 Å². The summed E-state index contributed by atoms with van der Waals surface area (Å²) in [6.07, 6.45) is 0.232. The molecule has 0 aromatic carbocycles. The highest BCUT2D eigenvalue weighted by atomic mass is 19.4. The molecule has 0 aliphatic carbocycles.